The van der Waals surface area contributed by atoms with Gasteiger partial charge in [0.2, 0.25) is 17.7 Å². The summed E-state index contributed by atoms with van der Waals surface area (Å²) < 4.78 is 10.8. The fourth-order valence-electron chi connectivity index (χ4n) is 6.22. The van der Waals surface area contributed by atoms with Crippen LogP contribution in [0.2, 0.25) is 0 Å². The lowest BCUT2D eigenvalue weighted by atomic mass is 9.91. The topological polar surface area (TPSA) is 211 Å². The van der Waals surface area contributed by atoms with Crippen molar-refractivity contribution in [2.75, 3.05) is 105 Å². The van der Waals surface area contributed by atoms with Crippen molar-refractivity contribution in [3.05, 3.63) is 59.7 Å². The highest BCUT2D eigenvalue weighted by molar-refractivity contribution is 6.03. The molecule has 2 aromatic carbocycles. The fourth-order valence-corrected chi connectivity index (χ4v) is 6.22. The van der Waals surface area contributed by atoms with Crippen molar-refractivity contribution in [3.63, 3.8) is 0 Å². The molecule has 5 N–H and O–H groups in total. The average Bonchev–Trinajstić information content (AvgIpc) is 3.20. The Morgan fingerprint density at radius 2 is 0.932 bits per heavy atom. The highest BCUT2D eigenvalue weighted by Crippen LogP contribution is 2.23. The van der Waals surface area contributed by atoms with E-state index in [1.807, 2.05) is 4.90 Å². The molecule has 0 unspecified atom stereocenters. The molecule has 17 heteroatoms. The molecule has 3 amide bonds. The predicted octanol–water partition coefficient (Wildman–Crippen LogP) is 1.00. The molecular formula is C42H66N6O11. The quantitative estimate of drug-likeness (QED) is 0.0423. The van der Waals surface area contributed by atoms with Crippen LogP contribution in [0, 0.1) is 0 Å². The largest absolute Gasteiger partial charge is 0.491 e. The van der Waals surface area contributed by atoms with Crippen LogP contribution in [0.15, 0.2) is 48.5 Å². The maximum atomic E-state index is 14.1. The lowest BCUT2D eigenvalue weighted by molar-refractivity contribution is -0.133. The number of aliphatic hydroxyl groups is 3. The third-order valence-corrected chi connectivity index (χ3v) is 9.85. The molecule has 59 heavy (non-hydrogen) atoms. The van der Waals surface area contributed by atoms with Crippen molar-refractivity contribution in [2.24, 2.45) is 0 Å². The number of hydrogen-bond donors (Lipinski definition) is 5. The van der Waals surface area contributed by atoms with Gasteiger partial charge < -0.3 is 44.8 Å². The SMILES string of the molecule is CC(=O)N(CCNC(C)(C)C(=O)c1ccc(OCCO)cc1)CCN(CCN(CCN(CCNOCCO)C(C)=O)C(C)(C)C(=O)c1ccc(OCCO)cc1)C(C)=O. The number of Topliss-reactive ketones (excluding diaryl/α,β-unsaturated/α-hetero) is 2. The molecule has 2 aromatic rings. The normalized spacial score (nSPS) is 11.6. The highest BCUT2D eigenvalue weighted by Gasteiger charge is 2.36. The van der Waals surface area contributed by atoms with Crippen molar-refractivity contribution in [3.8, 4) is 11.5 Å². The molecule has 330 valence electrons. The molecule has 0 aliphatic carbocycles. The van der Waals surface area contributed by atoms with Gasteiger partial charge in [0.1, 0.15) is 24.7 Å². The third kappa shape index (κ3) is 17.3. The van der Waals surface area contributed by atoms with E-state index in [1.54, 1.807) is 90.9 Å². The lowest BCUT2D eigenvalue weighted by Gasteiger charge is -2.40. The molecule has 17 nitrogen and oxygen atoms in total. The summed E-state index contributed by atoms with van der Waals surface area (Å²) in [4.78, 5) is 77.6. The Labute approximate surface area is 348 Å². The van der Waals surface area contributed by atoms with E-state index in [0.717, 1.165) is 0 Å². The Kier molecular flexibility index (Phi) is 22.2. The zero-order chi connectivity index (χ0) is 44.0. The summed E-state index contributed by atoms with van der Waals surface area (Å²) in [6.45, 7) is 14.2. The van der Waals surface area contributed by atoms with Crippen LogP contribution in [-0.2, 0) is 19.2 Å². The summed E-state index contributed by atoms with van der Waals surface area (Å²) in [5, 5.41) is 30.3. The third-order valence-electron chi connectivity index (χ3n) is 9.85. The summed E-state index contributed by atoms with van der Waals surface area (Å²) in [5.74, 6) is 0.140. The summed E-state index contributed by atoms with van der Waals surface area (Å²) in [5.41, 5.74) is 1.60. The molecule has 0 aromatic heterocycles. The van der Waals surface area contributed by atoms with Crippen LogP contribution in [0.1, 0.15) is 69.2 Å². The number of carbonyl (C=O) groups excluding carboxylic acids is 5. The van der Waals surface area contributed by atoms with Crippen LogP contribution >= 0.6 is 0 Å². The van der Waals surface area contributed by atoms with Crippen molar-refractivity contribution in [1.29, 1.82) is 0 Å². The average molecular weight is 831 g/mol. The van der Waals surface area contributed by atoms with E-state index in [1.165, 1.54) is 20.8 Å². The minimum atomic E-state index is -1.09. The van der Waals surface area contributed by atoms with Gasteiger partial charge in [0.15, 0.2) is 11.6 Å². The maximum Gasteiger partial charge on any atom is 0.219 e. The molecule has 0 spiro atoms. The van der Waals surface area contributed by atoms with Crippen LogP contribution in [0.25, 0.3) is 0 Å². The molecule has 0 bridgehead atoms. The van der Waals surface area contributed by atoms with E-state index in [0.29, 0.717) is 48.8 Å². The second-order valence-electron chi connectivity index (χ2n) is 14.9. The van der Waals surface area contributed by atoms with Gasteiger partial charge in [-0.3, -0.25) is 33.7 Å². The lowest BCUT2D eigenvalue weighted by Crippen LogP contribution is -2.55. The van der Waals surface area contributed by atoms with Crippen LogP contribution in [0.4, 0.5) is 0 Å². The standard InChI is InChI=1S/C42H66N6O11/c1-32(52)45(18-16-43-41(4,5)39(55)35-8-12-37(13-9-35)57-29-26-49)20-21-47(34(3)54)23-25-48(24-22-46(33(2)53)19-17-44-59-31-28-51)42(6,7)40(56)36-10-14-38(15-11-36)58-30-27-50/h8-15,43-44,49-51H,16-31H2,1-7H3. The minimum Gasteiger partial charge on any atom is -0.491 e. The maximum absolute atomic E-state index is 14.1. The predicted molar refractivity (Wildman–Crippen MR) is 222 cm³/mol. The number of hydrogen-bond acceptors (Lipinski definition) is 14. The molecule has 0 aliphatic heterocycles. The number of ketones is 2. The molecule has 2 rings (SSSR count). The molecule has 0 radical (unpaired) electrons. The van der Waals surface area contributed by atoms with Crippen molar-refractivity contribution >= 4 is 29.3 Å². The number of nitrogens with one attached hydrogen (secondary N) is 2. The van der Waals surface area contributed by atoms with E-state index in [2.05, 4.69) is 10.8 Å². The van der Waals surface area contributed by atoms with Gasteiger partial charge in [-0.25, -0.2) is 5.48 Å². The number of amides is 3. The molecule has 0 saturated heterocycles. The Morgan fingerprint density at radius 3 is 1.36 bits per heavy atom. The first-order chi connectivity index (χ1) is 28.0. The van der Waals surface area contributed by atoms with Gasteiger partial charge in [0.25, 0.3) is 0 Å². The summed E-state index contributed by atoms with van der Waals surface area (Å²) in [7, 11) is 0. The second-order valence-corrected chi connectivity index (χ2v) is 14.9. The fraction of sp³-hybridized carbons (Fsp3) is 0.595. The van der Waals surface area contributed by atoms with Crippen molar-refractivity contribution in [1.82, 2.24) is 30.4 Å². The number of ether oxygens (including phenoxy) is 2. The molecular weight excluding hydrogens is 764 g/mol. The zero-order valence-electron chi connectivity index (χ0n) is 35.8. The van der Waals surface area contributed by atoms with Crippen LogP contribution < -0.4 is 20.3 Å². The van der Waals surface area contributed by atoms with E-state index < -0.39 is 11.1 Å². The Morgan fingerprint density at radius 1 is 0.542 bits per heavy atom. The monoisotopic (exact) mass is 830 g/mol. The van der Waals surface area contributed by atoms with Gasteiger partial charge in [0.05, 0.1) is 37.5 Å². The number of rotatable bonds is 30. The first-order valence-electron chi connectivity index (χ1n) is 20.0. The van der Waals surface area contributed by atoms with Gasteiger partial charge in [-0.15, -0.1) is 0 Å². The van der Waals surface area contributed by atoms with Crippen LogP contribution in [0.3, 0.4) is 0 Å². The summed E-state index contributed by atoms with van der Waals surface area (Å²) >= 11 is 0. The van der Waals surface area contributed by atoms with Gasteiger partial charge in [-0.1, -0.05) is 0 Å². The molecule has 0 fully saturated rings. The first kappa shape index (κ1) is 50.7. The Hall–Kier alpha value is -4.49. The van der Waals surface area contributed by atoms with Crippen molar-refractivity contribution < 1.29 is 53.6 Å². The first-order valence-corrected chi connectivity index (χ1v) is 20.0. The Balaban J connectivity index is 2.16. The number of hydroxylamine groups is 1. The van der Waals surface area contributed by atoms with Gasteiger partial charge in [-0.2, -0.15) is 0 Å². The van der Waals surface area contributed by atoms with Gasteiger partial charge >= 0.3 is 0 Å². The molecule has 0 atom stereocenters. The number of nitrogens with zero attached hydrogens (tertiary/aromatic N) is 4. The smallest absolute Gasteiger partial charge is 0.219 e. The van der Waals surface area contributed by atoms with E-state index in [4.69, 9.17) is 29.6 Å². The number of aliphatic hydroxyl groups excluding tert-OH is 3. The highest BCUT2D eigenvalue weighted by atomic mass is 16.6. The second kappa shape index (κ2) is 25.9. The molecule has 0 aliphatic rings. The number of benzene rings is 2. The van der Waals surface area contributed by atoms with Crippen LogP contribution in [-0.4, -0.2) is 180 Å². The minimum absolute atomic E-state index is 0.103. The van der Waals surface area contributed by atoms with Crippen molar-refractivity contribution in [2.45, 2.75) is 59.5 Å². The van der Waals surface area contributed by atoms with E-state index in [9.17, 15) is 24.0 Å². The van der Waals surface area contributed by atoms with E-state index >= 15 is 0 Å². The summed E-state index contributed by atoms with van der Waals surface area (Å²) in [6.07, 6.45) is 0. The molecule has 0 saturated carbocycles. The van der Waals surface area contributed by atoms with Gasteiger partial charge in [-0.05, 0) is 76.2 Å². The molecule has 0 heterocycles. The van der Waals surface area contributed by atoms with Gasteiger partial charge in [0, 0.05) is 97.3 Å². The zero-order valence-corrected chi connectivity index (χ0v) is 35.8. The summed E-state index contributed by atoms with van der Waals surface area (Å²) in [6, 6.07) is 13.3. The van der Waals surface area contributed by atoms with Crippen LogP contribution in [0.5, 0.6) is 11.5 Å². The Bertz CT molecular complexity index is 1600. The number of carbonyl (C=O) groups is 5. The van der Waals surface area contributed by atoms with E-state index in [-0.39, 0.29) is 108 Å².